The minimum Gasteiger partial charge on any atom is -0.394 e. The van der Waals surface area contributed by atoms with Gasteiger partial charge in [0.05, 0.1) is 12.1 Å². The third-order valence-electron chi connectivity index (χ3n) is 4.15. The van der Waals surface area contributed by atoms with E-state index in [1.165, 1.54) is 0 Å². The van der Waals surface area contributed by atoms with Gasteiger partial charge in [0.15, 0.2) is 0 Å². The zero-order valence-electron chi connectivity index (χ0n) is 13.6. The molecule has 3 heteroatoms. The average Bonchev–Trinajstić information content (AvgIpc) is 2.61. The Morgan fingerprint density at radius 1 is 1.13 bits per heavy atom. The second-order valence-electron chi connectivity index (χ2n) is 5.95. The summed E-state index contributed by atoms with van der Waals surface area (Å²) in [5, 5.41) is 12.8. The lowest BCUT2D eigenvalue weighted by molar-refractivity contribution is 0.0806. The van der Waals surface area contributed by atoms with Crippen molar-refractivity contribution in [2.24, 2.45) is 5.92 Å². The summed E-state index contributed by atoms with van der Waals surface area (Å²) in [6.07, 6.45) is 4.02. The Morgan fingerprint density at radius 2 is 1.70 bits per heavy atom. The molecule has 2 aromatic rings. The monoisotopic (exact) mass is 309 g/mol. The second-order valence-corrected chi connectivity index (χ2v) is 5.95. The van der Waals surface area contributed by atoms with Crippen molar-refractivity contribution < 1.29 is 9.90 Å². The predicted octanol–water partition coefficient (Wildman–Crippen LogP) is 3.52. The van der Waals surface area contributed by atoms with E-state index in [2.05, 4.69) is 5.32 Å². The molecule has 2 rings (SSSR count). The minimum atomic E-state index is -0.724. The lowest BCUT2D eigenvalue weighted by Crippen LogP contribution is -2.53. The first-order valence-corrected chi connectivity index (χ1v) is 7.77. The van der Waals surface area contributed by atoms with Crippen LogP contribution in [0.25, 0.3) is 6.08 Å². The molecular formula is C20H23NO2. The molecule has 120 valence electrons. The summed E-state index contributed by atoms with van der Waals surface area (Å²) in [7, 11) is 0. The normalized spacial score (nSPS) is 15.1. The Kier molecular flexibility index (Phi) is 5.72. The molecular weight excluding hydrogens is 286 g/mol. The van der Waals surface area contributed by atoms with Gasteiger partial charge in [-0.3, -0.25) is 4.79 Å². The molecule has 0 saturated carbocycles. The highest BCUT2D eigenvalue weighted by molar-refractivity contribution is 5.94. The van der Waals surface area contributed by atoms with Crippen LogP contribution in [0.4, 0.5) is 0 Å². The van der Waals surface area contributed by atoms with Gasteiger partial charge in [0.1, 0.15) is 0 Å². The van der Waals surface area contributed by atoms with Crippen molar-refractivity contribution >= 4 is 12.0 Å². The number of benzene rings is 2. The first-order valence-electron chi connectivity index (χ1n) is 7.77. The van der Waals surface area contributed by atoms with Gasteiger partial charge in [-0.25, -0.2) is 0 Å². The van der Waals surface area contributed by atoms with Crippen LogP contribution in [0.2, 0.25) is 0 Å². The fourth-order valence-corrected chi connectivity index (χ4v) is 2.25. The molecule has 1 amide bonds. The first-order chi connectivity index (χ1) is 11.0. The third kappa shape index (κ3) is 4.54. The van der Waals surface area contributed by atoms with E-state index in [1.54, 1.807) is 12.1 Å². The molecule has 23 heavy (non-hydrogen) atoms. The van der Waals surface area contributed by atoms with Gasteiger partial charge in [0, 0.05) is 5.56 Å². The summed E-state index contributed by atoms with van der Waals surface area (Å²) < 4.78 is 0. The fourth-order valence-electron chi connectivity index (χ4n) is 2.25. The van der Waals surface area contributed by atoms with Gasteiger partial charge in [-0.2, -0.15) is 0 Å². The zero-order valence-corrected chi connectivity index (χ0v) is 13.6. The summed E-state index contributed by atoms with van der Waals surface area (Å²) in [4.78, 5) is 12.4. The van der Waals surface area contributed by atoms with E-state index in [-0.39, 0.29) is 18.4 Å². The highest BCUT2D eigenvalue weighted by Gasteiger charge is 2.31. The van der Waals surface area contributed by atoms with Crippen LogP contribution in [0, 0.1) is 5.92 Å². The van der Waals surface area contributed by atoms with E-state index in [9.17, 15) is 9.90 Å². The quantitative estimate of drug-likeness (QED) is 0.858. The van der Waals surface area contributed by atoms with E-state index in [1.807, 2.05) is 74.5 Å². The Bertz CT molecular complexity index is 652. The van der Waals surface area contributed by atoms with Crippen molar-refractivity contribution in [3.05, 3.63) is 77.9 Å². The van der Waals surface area contributed by atoms with Crippen LogP contribution < -0.4 is 5.32 Å². The lowest BCUT2D eigenvalue weighted by Gasteiger charge is -2.33. The SMILES string of the molecule is C[C@@H](/C=C/c1ccccc1)[C@](C)(CO)NC(=O)c1ccccc1. The maximum absolute atomic E-state index is 12.4. The van der Waals surface area contributed by atoms with E-state index < -0.39 is 5.54 Å². The summed E-state index contributed by atoms with van der Waals surface area (Å²) in [5.74, 6) is -0.206. The van der Waals surface area contributed by atoms with E-state index in [0.717, 1.165) is 5.56 Å². The molecule has 0 unspecified atom stereocenters. The van der Waals surface area contributed by atoms with Crippen molar-refractivity contribution in [2.75, 3.05) is 6.61 Å². The third-order valence-corrected chi connectivity index (χ3v) is 4.15. The van der Waals surface area contributed by atoms with Crippen LogP contribution in [0.15, 0.2) is 66.7 Å². The number of carbonyl (C=O) groups is 1. The molecule has 0 bridgehead atoms. The summed E-state index contributed by atoms with van der Waals surface area (Å²) in [5.41, 5.74) is 0.957. The molecule has 2 aromatic carbocycles. The maximum Gasteiger partial charge on any atom is 0.251 e. The molecule has 0 aliphatic rings. The topological polar surface area (TPSA) is 49.3 Å². The molecule has 2 N–H and O–H groups in total. The molecule has 2 atom stereocenters. The largest absolute Gasteiger partial charge is 0.394 e. The van der Waals surface area contributed by atoms with Crippen molar-refractivity contribution in [2.45, 2.75) is 19.4 Å². The number of nitrogens with one attached hydrogen (secondary N) is 1. The van der Waals surface area contributed by atoms with Gasteiger partial charge in [-0.15, -0.1) is 0 Å². The van der Waals surface area contributed by atoms with Gasteiger partial charge in [0.25, 0.3) is 5.91 Å². The maximum atomic E-state index is 12.4. The van der Waals surface area contributed by atoms with Crippen LogP contribution in [0.3, 0.4) is 0 Å². The van der Waals surface area contributed by atoms with Gasteiger partial charge in [-0.1, -0.05) is 67.6 Å². The zero-order chi connectivity index (χ0) is 16.7. The van der Waals surface area contributed by atoms with E-state index >= 15 is 0 Å². The number of aliphatic hydroxyl groups excluding tert-OH is 1. The number of amides is 1. The molecule has 0 spiro atoms. The van der Waals surface area contributed by atoms with Crippen LogP contribution in [-0.2, 0) is 0 Å². The number of carbonyl (C=O) groups excluding carboxylic acids is 1. The Morgan fingerprint density at radius 3 is 2.26 bits per heavy atom. The number of rotatable bonds is 6. The second kappa shape index (κ2) is 7.75. The Labute approximate surface area is 137 Å². The first kappa shape index (κ1) is 17.0. The molecule has 0 radical (unpaired) electrons. The van der Waals surface area contributed by atoms with Crippen LogP contribution >= 0.6 is 0 Å². The average molecular weight is 309 g/mol. The Hall–Kier alpha value is -2.39. The van der Waals surface area contributed by atoms with Crippen molar-refractivity contribution in [3.8, 4) is 0 Å². The predicted molar refractivity (Wildman–Crippen MR) is 94.0 cm³/mol. The smallest absolute Gasteiger partial charge is 0.251 e. The van der Waals surface area contributed by atoms with E-state index in [0.29, 0.717) is 5.56 Å². The summed E-state index contributed by atoms with van der Waals surface area (Å²) in [6, 6.07) is 19.0. The van der Waals surface area contributed by atoms with Gasteiger partial charge in [0.2, 0.25) is 0 Å². The molecule has 0 fully saturated rings. The van der Waals surface area contributed by atoms with Gasteiger partial charge < -0.3 is 10.4 Å². The molecule has 0 saturated heterocycles. The number of hydrogen-bond acceptors (Lipinski definition) is 2. The van der Waals surface area contributed by atoms with Crippen molar-refractivity contribution in [1.82, 2.24) is 5.32 Å². The van der Waals surface area contributed by atoms with Crippen LogP contribution in [-0.4, -0.2) is 23.2 Å². The highest BCUT2D eigenvalue weighted by Crippen LogP contribution is 2.20. The van der Waals surface area contributed by atoms with Gasteiger partial charge >= 0.3 is 0 Å². The molecule has 0 aromatic heterocycles. The highest BCUT2D eigenvalue weighted by atomic mass is 16.3. The van der Waals surface area contributed by atoms with E-state index in [4.69, 9.17) is 0 Å². The van der Waals surface area contributed by atoms with Crippen LogP contribution in [0.1, 0.15) is 29.8 Å². The Balaban J connectivity index is 2.09. The van der Waals surface area contributed by atoms with Crippen molar-refractivity contribution in [1.29, 1.82) is 0 Å². The summed E-state index contributed by atoms with van der Waals surface area (Å²) in [6.45, 7) is 3.71. The fraction of sp³-hybridized carbons (Fsp3) is 0.250. The molecule has 3 nitrogen and oxygen atoms in total. The lowest BCUT2D eigenvalue weighted by atomic mass is 9.86. The minimum absolute atomic E-state index is 0.0274. The molecule has 0 heterocycles. The van der Waals surface area contributed by atoms with Crippen molar-refractivity contribution in [3.63, 3.8) is 0 Å². The molecule has 0 aliphatic carbocycles. The standard InChI is InChI=1S/C20H23NO2/c1-16(13-14-17-9-5-3-6-10-17)20(2,15-22)21-19(23)18-11-7-4-8-12-18/h3-14,16,22H,15H2,1-2H3,(H,21,23)/b14-13+/t16-,20-/m0/s1. The van der Waals surface area contributed by atoms with Crippen LogP contribution in [0.5, 0.6) is 0 Å². The molecule has 0 aliphatic heterocycles. The number of aliphatic hydroxyl groups is 1. The number of hydrogen-bond donors (Lipinski definition) is 2. The summed E-state index contributed by atoms with van der Waals surface area (Å²) >= 11 is 0. The van der Waals surface area contributed by atoms with Gasteiger partial charge in [-0.05, 0) is 30.5 Å².